The van der Waals surface area contributed by atoms with Crippen molar-refractivity contribution >= 4 is 11.8 Å². The van der Waals surface area contributed by atoms with E-state index in [1.165, 1.54) is 0 Å². The Balaban J connectivity index is 1.99. The first-order valence-corrected chi connectivity index (χ1v) is 7.40. The first-order valence-electron chi connectivity index (χ1n) is 7.40. The molecular formula is C16H20N2O2. The molecule has 1 aromatic carbocycles. The summed E-state index contributed by atoms with van der Waals surface area (Å²) in [5.74, 6) is 0.213. The number of benzene rings is 1. The van der Waals surface area contributed by atoms with Crippen molar-refractivity contribution < 1.29 is 9.59 Å². The average molecular weight is 272 g/mol. The van der Waals surface area contributed by atoms with Gasteiger partial charge in [-0.1, -0.05) is 37.3 Å². The molecule has 0 saturated carbocycles. The van der Waals surface area contributed by atoms with Gasteiger partial charge in [0.2, 0.25) is 5.91 Å². The minimum atomic E-state index is -0.432. The third kappa shape index (κ3) is 1.99. The van der Waals surface area contributed by atoms with Crippen molar-refractivity contribution in [1.82, 2.24) is 9.80 Å². The molecular weight excluding hydrogens is 252 g/mol. The number of hydrogen-bond donors (Lipinski definition) is 0. The number of rotatable bonds is 3. The topological polar surface area (TPSA) is 40.6 Å². The molecule has 0 aromatic heterocycles. The van der Waals surface area contributed by atoms with Crippen LogP contribution in [0.2, 0.25) is 0 Å². The Morgan fingerprint density at radius 2 is 1.90 bits per heavy atom. The van der Waals surface area contributed by atoms with E-state index in [-0.39, 0.29) is 17.9 Å². The molecule has 2 heterocycles. The van der Waals surface area contributed by atoms with Gasteiger partial charge in [-0.15, -0.1) is 0 Å². The molecule has 20 heavy (non-hydrogen) atoms. The molecule has 2 fully saturated rings. The van der Waals surface area contributed by atoms with E-state index in [1.54, 1.807) is 9.80 Å². The van der Waals surface area contributed by atoms with Crippen molar-refractivity contribution in [3.8, 4) is 0 Å². The third-order valence-corrected chi connectivity index (χ3v) is 4.23. The standard InChI is InChI=1S/C16H20N2O2/c1-2-10-18-14(12-7-4-3-5-8-12)16(20)17-11-6-9-13(17)15(18)19/h3-5,7-8,13-14H,2,6,9-11H2,1H3. The second kappa shape index (κ2) is 5.27. The van der Waals surface area contributed by atoms with Crippen molar-refractivity contribution in [1.29, 1.82) is 0 Å². The van der Waals surface area contributed by atoms with Crippen LogP contribution < -0.4 is 0 Å². The number of carbonyl (C=O) groups excluding carboxylic acids is 2. The van der Waals surface area contributed by atoms with E-state index in [2.05, 4.69) is 0 Å². The molecule has 2 unspecified atom stereocenters. The zero-order chi connectivity index (χ0) is 14.1. The summed E-state index contributed by atoms with van der Waals surface area (Å²) in [5.41, 5.74) is 0.921. The van der Waals surface area contributed by atoms with E-state index in [1.807, 2.05) is 37.3 Å². The Morgan fingerprint density at radius 1 is 1.15 bits per heavy atom. The highest BCUT2D eigenvalue weighted by Crippen LogP contribution is 2.34. The minimum absolute atomic E-state index is 0.0896. The zero-order valence-corrected chi connectivity index (χ0v) is 11.8. The second-order valence-electron chi connectivity index (χ2n) is 5.53. The first-order chi connectivity index (χ1) is 9.74. The van der Waals surface area contributed by atoms with Crippen LogP contribution in [0, 0.1) is 0 Å². The van der Waals surface area contributed by atoms with Gasteiger partial charge in [0.05, 0.1) is 0 Å². The molecule has 0 radical (unpaired) electrons. The number of fused-ring (bicyclic) bond motifs is 1. The van der Waals surface area contributed by atoms with Crippen LogP contribution in [-0.4, -0.2) is 40.7 Å². The maximum atomic E-state index is 12.8. The Labute approximate surface area is 119 Å². The smallest absolute Gasteiger partial charge is 0.250 e. The fraction of sp³-hybridized carbons (Fsp3) is 0.500. The largest absolute Gasteiger partial charge is 0.329 e. The molecule has 4 heteroatoms. The van der Waals surface area contributed by atoms with Gasteiger partial charge in [0.25, 0.3) is 5.91 Å². The second-order valence-corrected chi connectivity index (χ2v) is 5.53. The van der Waals surface area contributed by atoms with Crippen molar-refractivity contribution in [2.24, 2.45) is 0 Å². The van der Waals surface area contributed by atoms with Crippen molar-refractivity contribution in [2.45, 2.75) is 38.3 Å². The van der Waals surface area contributed by atoms with Crippen LogP contribution >= 0.6 is 0 Å². The first kappa shape index (κ1) is 13.2. The van der Waals surface area contributed by atoms with Gasteiger partial charge in [-0.3, -0.25) is 9.59 Å². The summed E-state index contributed by atoms with van der Waals surface area (Å²) >= 11 is 0. The van der Waals surface area contributed by atoms with Crippen LogP contribution in [0.4, 0.5) is 0 Å². The highest BCUT2D eigenvalue weighted by atomic mass is 16.2. The molecule has 1 aromatic rings. The van der Waals surface area contributed by atoms with Crippen LogP contribution in [0.15, 0.2) is 30.3 Å². The van der Waals surface area contributed by atoms with Crippen molar-refractivity contribution in [3.63, 3.8) is 0 Å². The van der Waals surface area contributed by atoms with E-state index in [9.17, 15) is 9.59 Å². The minimum Gasteiger partial charge on any atom is -0.329 e. The van der Waals surface area contributed by atoms with Gasteiger partial charge in [0.1, 0.15) is 12.1 Å². The summed E-state index contributed by atoms with van der Waals surface area (Å²) in [6, 6.07) is 9.01. The lowest BCUT2D eigenvalue weighted by Crippen LogP contribution is -2.58. The summed E-state index contributed by atoms with van der Waals surface area (Å²) in [5, 5.41) is 0. The Morgan fingerprint density at radius 3 is 2.60 bits per heavy atom. The van der Waals surface area contributed by atoms with E-state index in [0.29, 0.717) is 6.54 Å². The summed E-state index contributed by atoms with van der Waals surface area (Å²) < 4.78 is 0. The lowest BCUT2D eigenvalue weighted by atomic mass is 9.98. The monoisotopic (exact) mass is 272 g/mol. The average Bonchev–Trinajstić information content (AvgIpc) is 2.96. The summed E-state index contributed by atoms with van der Waals surface area (Å²) in [6.45, 7) is 3.41. The number of amides is 2. The summed E-state index contributed by atoms with van der Waals surface area (Å²) in [7, 11) is 0. The number of carbonyl (C=O) groups is 2. The predicted molar refractivity (Wildman–Crippen MR) is 75.9 cm³/mol. The summed E-state index contributed by atoms with van der Waals surface area (Å²) in [6.07, 6.45) is 2.62. The van der Waals surface area contributed by atoms with Crippen molar-refractivity contribution in [3.05, 3.63) is 35.9 Å². The normalized spacial score (nSPS) is 26.1. The lowest BCUT2D eigenvalue weighted by Gasteiger charge is -2.42. The van der Waals surface area contributed by atoms with E-state index in [0.717, 1.165) is 31.4 Å². The van der Waals surface area contributed by atoms with E-state index in [4.69, 9.17) is 0 Å². The number of hydrogen-bond acceptors (Lipinski definition) is 2. The Kier molecular flexibility index (Phi) is 3.47. The van der Waals surface area contributed by atoms with Gasteiger partial charge in [-0.25, -0.2) is 0 Å². The zero-order valence-electron chi connectivity index (χ0n) is 11.8. The molecule has 0 bridgehead atoms. The van der Waals surface area contributed by atoms with Crippen LogP contribution in [0.5, 0.6) is 0 Å². The molecule has 2 amide bonds. The highest BCUT2D eigenvalue weighted by Gasteiger charge is 2.47. The maximum absolute atomic E-state index is 12.8. The molecule has 0 aliphatic carbocycles. The van der Waals surface area contributed by atoms with Crippen LogP contribution in [0.3, 0.4) is 0 Å². The Hall–Kier alpha value is -1.84. The van der Waals surface area contributed by atoms with Gasteiger partial charge in [-0.05, 0) is 24.8 Å². The van der Waals surface area contributed by atoms with E-state index < -0.39 is 6.04 Å². The maximum Gasteiger partial charge on any atom is 0.250 e. The van der Waals surface area contributed by atoms with Crippen LogP contribution in [-0.2, 0) is 9.59 Å². The molecule has 2 aliphatic heterocycles. The fourth-order valence-corrected chi connectivity index (χ4v) is 3.33. The van der Waals surface area contributed by atoms with Gasteiger partial charge in [0.15, 0.2) is 0 Å². The van der Waals surface area contributed by atoms with E-state index >= 15 is 0 Å². The van der Waals surface area contributed by atoms with Gasteiger partial charge in [0, 0.05) is 13.1 Å². The number of nitrogens with zero attached hydrogens (tertiary/aromatic N) is 2. The van der Waals surface area contributed by atoms with Crippen LogP contribution in [0.1, 0.15) is 37.8 Å². The predicted octanol–water partition coefficient (Wildman–Crippen LogP) is 1.97. The molecule has 2 saturated heterocycles. The fourth-order valence-electron chi connectivity index (χ4n) is 3.33. The summed E-state index contributed by atoms with van der Waals surface area (Å²) in [4.78, 5) is 29.0. The molecule has 0 spiro atoms. The number of piperazine rings is 1. The lowest BCUT2D eigenvalue weighted by molar-refractivity contribution is -0.159. The van der Waals surface area contributed by atoms with Gasteiger partial charge >= 0.3 is 0 Å². The molecule has 106 valence electrons. The quantitative estimate of drug-likeness (QED) is 0.844. The van der Waals surface area contributed by atoms with Gasteiger partial charge < -0.3 is 9.80 Å². The highest BCUT2D eigenvalue weighted by molar-refractivity contribution is 5.98. The third-order valence-electron chi connectivity index (χ3n) is 4.23. The molecule has 4 nitrogen and oxygen atoms in total. The molecule has 3 rings (SSSR count). The molecule has 2 atom stereocenters. The molecule has 2 aliphatic rings. The van der Waals surface area contributed by atoms with Gasteiger partial charge in [-0.2, -0.15) is 0 Å². The SMILES string of the molecule is CCCN1C(=O)C2CCCN2C(=O)C1c1ccccc1. The van der Waals surface area contributed by atoms with Crippen molar-refractivity contribution in [2.75, 3.05) is 13.1 Å². The van der Waals surface area contributed by atoms with Crippen LogP contribution in [0.25, 0.3) is 0 Å². The molecule has 0 N–H and O–H groups in total. The Bertz CT molecular complexity index is 514.